The van der Waals surface area contributed by atoms with Gasteiger partial charge in [-0.05, 0) is 79.1 Å². The molecule has 0 heterocycles. The predicted molar refractivity (Wildman–Crippen MR) is 108 cm³/mol. The van der Waals surface area contributed by atoms with E-state index in [9.17, 15) is 5.11 Å². The largest absolute Gasteiger partial charge is 0.388 e. The molecule has 0 aliphatic heterocycles. The first-order chi connectivity index (χ1) is 9.81. The van der Waals surface area contributed by atoms with Crippen molar-refractivity contribution in [1.29, 1.82) is 0 Å². The van der Waals surface area contributed by atoms with Crippen molar-refractivity contribution in [1.82, 2.24) is 0 Å². The zero-order chi connectivity index (χ0) is 15.0. The van der Waals surface area contributed by atoms with Gasteiger partial charge in [0.05, 0.1) is 6.10 Å². The van der Waals surface area contributed by atoms with Crippen LogP contribution in [-0.4, -0.2) is 11.2 Å². The molecule has 0 aromatic rings. The summed E-state index contributed by atoms with van der Waals surface area (Å²) in [6.45, 7) is 11.9. The minimum Gasteiger partial charge on any atom is -0.388 e. The Kier molecular flexibility index (Phi) is 5.13. The van der Waals surface area contributed by atoms with Gasteiger partial charge in [0.1, 0.15) is 0 Å². The summed E-state index contributed by atoms with van der Waals surface area (Å²) in [5, 5.41) is 11.0. The Morgan fingerprint density at radius 3 is 2.35 bits per heavy atom. The van der Waals surface area contributed by atoms with Gasteiger partial charge in [-0.25, -0.2) is 0 Å². The molecule has 1 spiro atoms. The van der Waals surface area contributed by atoms with E-state index < -0.39 is 0 Å². The van der Waals surface area contributed by atoms with E-state index in [-0.39, 0.29) is 38.5 Å². The summed E-state index contributed by atoms with van der Waals surface area (Å²) >= 11 is 0. The van der Waals surface area contributed by atoms with Crippen LogP contribution in [0, 0.1) is 34.0 Å². The second-order valence-corrected chi connectivity index (χ2v) is 9.68. The molecule has 0 aromatic heterocycles. The Bertz CT molecular complexity index is 488. The standard InChI is InChI=1S/C20H32O.2H2S/c1-13-14-6-7-16-19(4)10-5-9-18(2,3)15(19)8-11-20(16,12-14)17(13)21;;/h14-17,21H,1,5-12H2,2-4H3;2*1H2/t14?,15-,16+,17?,19?,20?;;/m1../s1. The number of fused-ring (bicyclic) bond motifs is 3. The van der Waals surface area contributed by atoms with Crippen LogP contribution in [0.4, 0.5) is 0 Å². The molecule has 0 aromatic carbocycles. The number of aliphatic hydroxyl groups excluding tert-OH is 1. The number of aliphatic hydroxyl groups is 1. The summed E-state index contributed by atoms with van der Waals surface area (Å²) in [6.07, 6.45) is 10.4. The van der Waals surface area contributed by atoms with Crippen LogP contribution >= 0.6 is 27.0 Å². The third kappa shape index (κ3) is 2.39. The zero-order valence-corrected chi connectivity index (χ0v) is 17.1. The third-order valence-electron chi connectivity index (χ3n) is 8.51. The lowest BCUT2D eigenvalue weighted by molar-refractivity contribution is -0.167. The molecule has 4 saturated carbocycles. The Morgan fingerprint density at radius 1 is 0.957 bits per heavy atom. The van der Waals surface area contributed by atoms with E-state index in [1.165, 1.54) is 56.9 Å². The van der Waals surface area contributed by atoms with Gasteiger partial charge in [-0.2, -0.15) is 27.0 Å². The first-order valence-corrected chi connectivity index (χ1v) is 9.18. The SMILES string of the molecule is C=C1C2CC[C@@H]3C(CC[C@@H]4C(C)(C)CCCC43C)(C2)C1O.S.S. The molecular formula is C20H36OS2. The van der Waals surface area contributed by atoms with Crippen molar-refractivity contribution < 1.29 is 5.11 Å². The van der Waals surface area contributed by atoms with Crippen LogP contribution in [0.5, 0.6) is 0 Å². The Balaban J connectivity index is 0.000000960. The molecule has 1 nitrogen and oxygen atoms in total. The van der Waals surface area contributed by atoms with Gasteiger partial charge in [-0.15, -0.1) is 0 Å². The van der Waals surface area contributed by atoms with E-state index in [0.717, 1.165) is 11.8 Å². The Hall–Kier alpha value is 0.400. The molecule has 2 bridgehead atoms. The molecular weight excluding hydrogens is 320 g/mol. The highest BCUT2D eigenvalue weighted by atomic mass is 32.1. The van der Waals surface area contributed by atoms with Crippen molar-refractivity contribution in [3.05, 3.63) is 12.2 Å². The van der Waals surface area contributed by atoms with Gasteiger partial charge >= 0.3 is 0 Å². The summed E-state index contributed by atoms with van der Waals surface area (Å²) < 4.78 is 0. The van der Waals surface area contributed by atoms with E-state index in [4.69, 9.17) is 0 Å². The molecule has 3 heteroatoms. The molecule has 0 radical (unpaired) electrons. The molecule has 4 aliphatic rings. The van der Waals surface area contributed by atoms with E-state index in [0.29, 0.717) is 16.7 Å². The van der Waals surface area contributed by atoms with Crippen molar-refractivity contribution in [3.63, 3.8) is 0 Å². The third-order valence-corrected chi connectivity index (χ3v) is 8.51. The van der Waals surface area contributed by atoms with Crippen LogP contribution in [0.25, 0.3) is 0 Å². The highest BCUT2D eigenvalue weighted by Crippen LogP contribution is 2.71. The fourth-order valence-electron chi connectivity index (χ4n) is 7.69. The first kappa shape index (κ1) is 19.7. The highest BCUT2D eigenvalue weighted by Gasteiger charge is 2.65. The maximum absolute atomic E-state index is 11.0. The molecule has 6 atom stereocenters. The smallest absolute Gasteiger partial charge is 0.0809 e. The molecule has 4 aliphatic carbocycles. The Morgan fingerprint density at radius 2 is 1.65 bits per heavy atom. The van der Waals surface area contributed by atoms with E-state index in [1.807, 2.05) is 0 Å². The quantitative estimate of drug-likeness (QED) is 0.594. The summed E-state index contributed by atoms with van der Waals surface area (Å²) in [5.41, 5.74) is 2.32. The first-order valence-electron chi connectivity index (χ1n) is 9.18. The molecule has 1 N–H and O–H groups in total. The van der Waals surface area contributed by atoms with Gasteiger partial charge in [0, 0.05) is 5.41 Å². The summed E-state index contributed by atoms with van der Waals surface area (Å²) in [5.74, 6) is 2.20. The Labute approximate surface area is 156 Å². The topological polar surface area (TPSA) is 20.2 Å². The molecule has 4 fully saturated rings. The van der Waals surface area contributed by atoms with Gasteiger partial charge < -0.3 is 5.11 Å². The normalized spacial score (nSPS) is 50.2. The highest BCUT2D eigenvalue weighted by molar-refractivity contribution is 7.59. The molecule has 4 unspecified atom stereocenters. The number of rotatable bonds is 0. The van der Waals surface area contributed by atoms with Crippen LogP contribution in [0.3, 0.4) is 0 Å². The minimum atomic E-state index is -0.210. The van der Waals surface area contributed by atoms with Crippen LogP contribution in [-0.2, 0) is 0 Å². The van der Waals surface area contributed by atoms with E-state index in [2.05, 4.69) is 27.4 Å². The second-order valence-electron chi connectivity index (χ2n) is 9.68. The van der Waals surface area contributed by atoms with Crippen molar-refractivity contribution in [3.8, 4) is 0 Å². The summed E-state index contributed by atoms with van der Waals surface area (Å²) in [6, 6.07) is 0. The summed E-state index contributed by atoms with van der Waals surface area (Å²) in [4.78, 5) is 0. The fraction of sp³-hybridized carbons (Fsp3) is 0.900. The van der Waals surface area contributed by atoms with E-state index in [1.54, 1.807) is 0 Å². The maximum Gasteiger partial charge on any atom is 0.0809 e. The molecule has 134 valence electrons. The van der Waals surface area contributed by atoms with Gasteiger partial charge in [0.15, 0.2) is 0 Å². The van der Waals surface area contributed by atoms with Gasteiger partial charge in [0.25, 0.3) is 0 Å². The summed E-state index contributed by atoms with van der Waals surface area (Å²) in [7, 11) is 0. The lowest BCUT2D eigenvalue weighted by Crippen LogP contribution is -2.58. The lowest BCUT2D eigenvalue weighted by Gasteiger charge is -2.64. The van der Waals surface area contributed by atoms with Crippen LogP contribution < -0.4 is 0 Å². The molecule has 23 heavy (non-hydrogen) atoms. The number of hydrogen-bond donors (Lipinski definition) is 1. The van der Waals surface area contributed by atoms with Gasteiger partial charge in [-0.3, -0.25) is 0 Å². The van der Waals surface area contributed by atoms with Crippen LogP contribution in [0.2, 0.25) is 0 Å². The zero-order valence-electron chi connectivity index (χ0n) is 15.1. The van der Waals surface area contributed by atoms with Gasteiger partial charge in [0.2, 0.25) is 0 Å². The average Bonchev–Trinajstić information content (AvgIpc) is 2.59. The van der Waals surface area contributed by atoms with Crippen molar-refractivity contribution in [2.24, 2.45) is 34.0 Å². The monoisotopic (exact) mass is 356 g/mol. The van der Waals surface area contributed by atoms with Crippen LogP contribution in [0.15, 0.2) is 12.2 Å². The van der Waals surface area contributed by atoms with Gasteiger partial charge in [-0.1, -0.05) is 33.8 Å². The second kappa shape index (κ2) is 5.99. The number of hydrogen-bond acceptors (Lipinski definition) is 1. The van der Waals surface area contributed by atoms with E-state index >= 15 is 0 Å². The van der Waals surface area contributed by atoms with Crippen molar-refractivity contribution >= 4 is 27.0 Å². The lowest BCUT2D eigenvalue weighted by atomic mass is 9.41. The predicted octanol–water partition coefficient (Wildman–Crippen LogP) is 5.17. The molecule has 0 saturated heterocycles. The van der Waals surface area contributed by atoms with Crippen LogP contribution in [0.1, 0.15) is 72.1 Å². The van der Waals surface area contributed by atoms with Crippen molar-refractivity contribution in [2.45, 2.75) is 78.2 Å². The molecule has 4 rings (SSSR count). The fourth-order valence-corrected chi connectivity index (χ4v) is 7.69. The average molecular weight is 357 g/mol. The minimum absolute atomic E-state index is 0. The maximum atomic E-state index is 11.0. The molecule has 0 amide bonds. The van der Waals surface area contributed by atoms with Crippen molar-refractivity contribution in [2.75, 3.05) is 0 Å².